The lowest BCUT2D eigenvalue weighted by Gasteiger charge is -2.19. The molecule has 0 aliphatic rings. The van der Waals surface area contributed by atoms with E-state index in [0.29, 0.717) is 28.4 Å². The van der Waals surface area contributed by atoms with Gasteiger partial charge in [0.2, 0.25) is 11.7 Å². The molecule has 1 N–H and O–H groups in total. The second-order valence-electron chi connectivity index (χ2n) is 6.47. The molecule has 0 fully saturated rings. The summed E-state index contributed by atoms with van der Waals surface area (Å²) in [7, 11) is 0. The molecule has 8 heteroatoms. The molecule has 0 aliphatic heterocycles. The van der Waals surface area contributed by atoms with Crippen LogP contribution in [0.5, 0.6) is 0 Å². The smallest absolute Gasteiger partial charge is 0.408 e. The monoisotopic (exact) mass is 340 g/mol. The molecule has 0 amide bonds. The van der Waals surface area contributed by atoms with Crippen molar-refractivity contribution in [2.45, 2.75) is 33.1 Å². The van der Waals surface area contributed by atoms with Crippen LogP contribution in [-0.4, -0.2) is 20.3 Å². The molecule has 0 saturated heterocycles. The topological polar surface area (TPSA) is 111 Å². The Balaban J connectivity index is 1.77. The highest BCUT2D eigenvalue weighted by atomic mass is 16.5. The first-order chi connectivity index (χ1) is 11.9. The first-order valence-corrected chi connectivity index (χ1v) is 7.77. The van der Waals surface area contributed by atoms with Gasteiger partial charge in [0.1, 0.15) is 5.76 Å². The Morgan fingerprint density at radius 3 is 2.64 bits per heavy atom. The van der Waals surface area contributed by atoms with Crippen LogP contribution in [0, 0.1) is 13.8 Å². The number of oxazole rings is 1. The molecule has 128 valence electrons. The summed E-state index contributed by atoms with van der Waals surface area (Å²) in [4.78, 5) is 18.4. The molecule has 0 bridgehead atoms. The molecule has 0 spiro atoms. The fourth-order valence-electron chi connectivity index (χ4n) is 3.17. The number of rotatable bonds is 3. The van der Waals surface area contributed by atoms with Crippen molar-refractivity contribution in [2.24, 2.45) is 0 Å². The number of aryl methyl sites for hydroxylation is 2. The van der Waals surface area contributed by atoms with E-state index in [9.17, 15) is 4.79 Å². The van der Waals surface area contributed by atoms with E-state index in [2.05, 4.69) is 20.3 Å². The minimum atomic E-state index is -0.548. The number of hydrogen-bond acceptors (Lipinski definition) is 7. The summed E-state index contributed by atoms with van der Waals surface area (Å²) in [6, 6.07) is 5.21. The number of nitrogens with one attached hydrogen (secondary N) is 1. The maximum Gasteiger partial charge on any atom is 0.417 e. The predicted octanol–water partition coefficient (Wildman–Crippen LogP) is 3.10. The molecule has 0 radical (unpaired) electrons. The number of aromatic amines is 1. The molecular weight excluding hydrogens is 324 g/mol. The van der Waals surface area contributed by atoms with Crippen LogP contribution in [0.4, 0.5) is 0 Å². The number of fused-ring (bicyclic) bond motifs is 1. The van der Waals surface area contributed by atoms with Crippen LogP contribution in [-0.2, 0) is 5.41 Å². The van der Waals surface area contributed by atoms with Gasteiger partial charge < -0.3 is 13.5 Å². The quantitative estimate of drug-likeness (QED) is 0.610. The van der Waals surface area contributed by atoms with Crippen molar-refractivity contribution in [3.63, 3.8) is 0 Å². The van der Waals surface area contributed by atoms with Gasteiger partial charge in [0.05, 0.1) is 16.6 Å². The van der Waals surface area contributed by atoms with E-state index < -0.39 is 11.2 Å². The third kappa shape index (κ3) is 2.37. The van der Waals surface area contributed by atoms with Gasteiger partial charge in [-0.3, -0.25) is 4.98 Å². The van der Waals surface area contributed by atoms with Crippen molar-refractivity contribution < 1.29 is 13.5 Å². The first kappa shape index (κ1) is 15.4. The zero-order valence-corrected chi connectivity index (χ0v) is 14.2. The Bertz CT molecular complexity index is 1110. The van der Waals surface area contributed by atoms with E-state index in [-0.39, 0.29) is 0 Å². The van der Waals surface area contributed by atoms with Gasteiger partial charge in [0, 0.05) is 11.1 Å². The summed E-state index contributed by atoms with van der Waals surface area (Å²) in [6.45, 7) is 7.70. The second kappa shape index (κ2) is 5.17. The zero-order valence-electron chi connectivity index (χ0n) is 14.2. The normalized spacial score (nSPS) is 12.2. The van der Waals surface area contributed by atoms with E-state index in [1.54, 1.807) is 18.2 Å². The highest BCUT2D eigenvalue weighted by Crippen LogP contribution is 2.35. The van der Waals surface area contributed by atoms with E-state index in [1.165, 1.54) is 0 Å². The maximum atomic E-state index is 11.3. The fraction of sp³-hybridized carbons (Fsp3) is 0.294. The average molecular weight is 340 g/mol. The fourth-order valence-corrected chi connectivity index (χ4v) is 3.17. The van der Waals surface area contributed by atoms with Crippen molar-refractivity contribution in [1.29, 1.82) is 0 Å². The lowest BCUT2D eigenvalue weighted by atomic mass is 9.83. The molecule has 0 saturated carbocycles. The average Bonchev–Trinajstić information content (AvgIpc) is 3.24. The standard InChI is InChI=1S/C17H16N4O4/c1-8-13(9(2)24-20-8)17(3,4)15-19-14(21-25-15)10-5-6-12-11(7-10)18-16(22)23-12/h5-7H,1-4H3,(H,18,22). The van der Waals surface area contributed by atoms with Crippen molar-refractivity contribution in [2.75, 3.05) is 0 Å². The minimum Gasteiger partial charge on any atom is -0.408 e. The molecule has 25 heavy (non-hydrogen) atoms. The minimum absolute atomic E-state index is 0.429. The van der Waals surface area contributed by atoms with Gasteiger partial charge in [-0.05, 0) is 45.9 Å². The van der Waals surface area contributed by atoms with Crippen LogP contribution in [0.3, 0.4) is 0 Å². The summed E-state index contributed by atoms with van der Waals surface area (Å²) in [6.07, 6.45) is 0. The molecule has 1 aromatic carbocycles. The number of H-pyrrole nitrogens is 1. The van der Waals surface area contributed by atoms with Crippen LogP contribution in [0.15, 0.2) is 36.5 Å². The van der Waals surface area contributed by atoms with E-state index in [4.69, 9.17) is 13.5 Å². The molecule has 0 unspecified atom stereocenters. The Labute approximate surface area is 141 Å². The molecule has 4 rings (SSSR count). The highest BCUT2D eigenvalue weighted by Gasteiger charge is 2.35. The molecule has 3 heterocycles. The van der Waals surface area contributed by atoms with Crippen LogP contribution in [0.2, 0.25) is 0 Å². The molecule has 0 aliphatic carbocycles. The molecule has 8 nitrogen and oxygen atoms in total. The Hall–Kier alpha value is -3.16. The number of nitrogens with zero attached hydrogens (tertiary/aromatic N) is 3. The van der Waals surface area contributed by atoms with Gasteiger partial charge >= 0.3 is 5.76 Å². The maximum absolute atomic E-state index is 11.3. The van der Waals surface area contributed by atoms with E-state index in [0.717, 1.165) is 17.0 Å². The summed E-state index contributed by atoms with van der Waals surface area (Å²) in [5.74, 6) is 1.11. The lowest BCUT2D eigenvalue weighted by molar-refractivity contribution is 0.329. The SMILES string of the molecule is Cc1noc(C)c1C(C)(C)c1nc(-c2ccc3oc(=O)[nH]c3c2)no1. The van der Waals surface area contributed by atoms with Gasteiger partial charge in [-0.15, -0.1) is 0 Å². The van der Waals surface area contributed by atoms with Gasteiger partial charge in [-0.2, -0.15) is 4.98 Å². The number of benzene rings is 1. The Morgan fingerprint density at radius 2 is 1.92 bits per heavy atom. The van der Waals surface area contributed by atoms with Gasteiger partial charge in [-0.25, -0.2) is 4.79 Å². The van der Waals surface area contributed by atoms with Crippen molar-refractivity contribution >= 4 is 11.1 Å². The lowest BCUT2D eigenvalue weighted by Crippen LogP contribution is -2.21. The van der Waals surface area contributed by atoms with E-state index in [1.807, 2.05) is 27.7 Å². The van der Waals surface area contributed by atoms with Crippen molar-refractivity contribution in [1.82, 2.24) is 20.3 Å². The Morgan fingerprint density at radius 1 is 1.12 bits per heavy atom. The number of hydrogen-bond donors (Lipinski definition) is 1. The van der Waals surface area contributed by atoms with Crippen molar-refractivity contribution in [3.8, 4) is 11.4 Å². The third-order valence-corrected chi connectivity index (χ3v) is 4.30. The summed E-state index contributed by atoms with van der Waals surface area (Å²) >= 11 is 0. The predicted molar refractivity (Wildman–Crippen MR) is 88.2 cm³/mol. The molecule has 4 aromatic rings. The molecule has 3 aromatic heterocycles. The van der Waals surface area contributed by atoms with Gasteiger partial charge in [0.25, 0.3) is 0 Å². The van der Waals surface area contributed by atoms with Crippen LogP contribution < -0.4 is 5.76 Å². The van der Waals surface area contributed by atoms with Crippen LogP contribution in [0.25, 0.3) is 22.5 Å². The van der Waals surface area contributed by atoms with Crippen molar-refractivity contribution in [3.05, 3.63) is 51.7 Å². The molecular formula is C17H16N4O4. The summed E-state index contributed by atoms with van der Waals surface area (Å²) < 4.78 is 15.8. The molecule has 0 atom stereocenters. The number of aromatic nitrogens is 4. The Kier molecular flexibility index (Phi) is 3.18. The second-order valence-corrected chi connectivity index (χ2v) is 6.47. The van der Waals surface area contributed by atoms with E-state index >= 15 is 0 Å². The van der Waals surface area contributed by atoms with Crippen LogP contribution >= 0.6 is 0 Å². The third-order valence-electron chi connectivity index (χ3n) is 4.30. The van der Waals surface area contributed by atoms with Gasteiger partial charge in [-0.1, -0.05) is 10.3 Å². The summed E-state index contributed by atoms with van der Waals surface area (Å²) in [5, 5.41) is 8.08. The highest BCUT2D eigenvalue weighted by molar-refractivity contribution is 5.78. The van der Waals surface area contributed by atoms with Gasteiger partial charge in [0.15, 0.2) is 5.58 Å². The first-order valence-electron chi connectivity index (χ1n) is 7.77. The largest absolute Gasteiger partial charge is 0.417 e. The van der Waals surface area contributed by atoms with Crippen LogP contribution in [0.1, 0.15) is 36.8 Å². The summed E-state index contributed by atoms with van der Waals surface area (Å²) in [5.41, 5.74) is 2.95. The zero-order chi connectivity index (χ0) is 17.8.